The van der Waals surface area contributed by atoms with Crippen LogP contribution in [0.5, 0.6) is 0 Å². The second-order valence-corrected chi connectivity index (χ2v) is 6.92. The fraction of sp³-hybridized carbons (Fsp3) is 0.941. The van der Waals surface area contributed by atoms with Crippen molar-refractivity contribution in [3.05, 3.63) is 0 Å². The van der Waals surface area contributed by atoms with E-state index < -0.39 is 0 Å². The molecule has 0 radical (unpaired) electrons. The number of nitrogens with zero attached hydrogens (tertiary/aromatic N) is 2. The van der Waals surface area contributed by atoms with Crippen molar-refractivity contribution in [3.63, 3.8) is 0 Å². The molecule has 124 valence electrons. The summed E-state index contributed by atoms with van der Waals surface area (Å²) in [7, 11) is 2.16. The first-order chi connectivity index (χ1) is 9.90. The lowest BCUT2D eigenvalue weighted by molar-refractivity contribution is -0.130. The van der Waals surface area contributed by atoms with Gasteiger partial charge in [0.15, 0.2) is 0 Å². The molecule has 0 bridgehead atoms. The van der Waals surface area contributed by atoms with Crippen LogP contribution in [0.25, 0.3) is 0 Å². The molecule has 1 rings (SSSR count). The Labute approximate surface area is 131 Å². The molecule has 0 aliphatic carbocycles. The second kappa shape index (κ2) is 8.74. The average molecular weight is 297 g/mol. The summed E-state index contributed by atoms with van der Waals surface area (Å²) >= 11 is 0. The van der Waals surface area contributed by atoms with E-state index in [0.717, 1.165) is 38.8 Å². The quantitative estimate of drug-likeness (QED) is 0.711. The fourth-order valence-corrected chi connectivity index (χ4v) is 2.96. The number of nitrogens with one attached hydrogen (secondary N) is 1. The van der Waals surface area contributed by atoms with Crippen molar-refractivity contribution in [2.45, 2.75) is 78.6 Å². The van der Waals surface area contributed by atoms with Gasteiger partial charge in [-0.3, -0.25) is 10.1 Å². The van der Waals surface area contributed by atoms with Crippen LogP contribution in [0, 0.1) is 5.92 Å². The summed E-state index contributed by atoms with van der Waals surface area (Å²) in [6, 6.07) is 0.599. The maximum Gasteiger partial charge on any atom is 0.241 e. The molecule has 3 unspecified atom stereocenters. The van der Waals surface area contributed by atoms with E-state index in [1.54, 1.807) is 0 Å². The maximum atomic E-state index is 12.6. The Balaban J connectivity index is 2.61. The van der Waals surface area contributed by atoms with E-state index in [0.29, 0.717) is 17.9 Å². The van der Waals surface area contributed by atoms with Crippen LogP contribution in [0.2, 0.25) is 0 Å². The molecule has 1 amide bonds. The zero-order valence-corrected chi connectivity index (χ0v) is 14.9. The molecule has 0 aromatic heterocycles. The van der Waals surface area contributed by atoms with Crippen molar-refractivity contribution in [1.82, 2.24) is 15.1 Å². The molecule has 3 atom stereocenters. The highest BCUT2D eigenvalue weighted by Crippen LogP contribution is 2.19. The van der Waals surface area contributed by atoms with Gasteiger partial charge in [0.05, 0.1) is 12.2 Å². The molecule has 4 nitrogen and oxygen atoms in total. The summed E-state index contributed by atoms with van der Waals surface area (Å²) in [6.07, 6.45) is 4.48. The van der Waals surface area contributed by atoms with E-state index in [1.807, 2.05) is 0 Å². The molecule has 4 heteroatoms. The molecule has 1 aliphatic rings. The van der Waals surface area contributed by atoms with Crippen molar-refractivity contribution in [1.29, 1.82) is 0 Å². The topological polar surface area (TPSA) is 35.6 Å². The highest BCUT2D eigenvalue weighted by molar-refractivity contribution is 5.84. The minimum Gasteiger partial charge on any atom is -0.325 e. The van der Waals surface area contributed by atoms with Gasteiger partial charge in [0, 0.05) is 19.1 Å². The molecule has 0 aromatic carbocycles. The van der Waals surface area contributed by atoms with Crippen LogP contribution in [0.4, 0.5) is 0 Å². The Morgan fingerprint density at radius 3 is 2.48 bits per heavy atom. The summed E-state index contributed by atoms with van der Waals surface area (Å²) in [6.45, 7) is 12.8. The van der Waals surface area contributed by atoms with Gasteiger partial charge >= 0.3 is 0 Å². The highest BCUT2D eigenvalue weighted by atomic mass is 16.2. The van der Waals surface area contributed by atoms with Crippen molar-refractivity contribution >= 4 is 5.91 Å². The van der Waals surface area contributed by atoms with Crippen molar-refractivity contribution < 1.29 is 4.79 Å². The van der Waals surface area contributed by atoms with Crippen LogP contribution in [-0.2, 0) is 4.79 Å². The second-order valence-electron chi connectivity index (χ2n) is 6.92. The van der Waals surface area contributed by atoms with Crippen molar-refractivity contribution in [2.24, 2.45) is 5.92 Å². The molecule has 0 aromatic rings. The molecular formula is C17H35N3O. The summed E-state index contributed by atoms with van der Waals surface area (Å²) in [4.78, 5) is 17.1. The van der Waals surface area contributed by atoms with Gasteiger partial charge in [-0.05, 0) is 39.2 Å². The van der Waals surface area contributed by atoms with E-state index in [9.17, 15) is 4.79 Å². The van der Waals surface area contributed by atoms with Crippen LogP contribution in [0.15, 0.2) is 0 Å². The van der Waals surface area contributed by atoms with Crippen molar-refractivity contribution in [2.75, 3.05) is 20.1 Å². The van der Waals surface area contributed by atoms with Crippen molar-refractivity contribution in [3.8, 4) is 0 Å². The number of rotatable bonds is 9. The molecule has 1 saturated heterocycles. The Bertz CT molecular complexity index is 319. The first kappa shape index (κ1) is 18.4. The summed E-state index contributed by atoms with van der Waals surface area (Å²) in [5, 5.41) is 3.55. The van der Waals surface area contributed by atoms with E-state index in [1.165, 1.54) is 0 Å². The third-order valence-electron chi connectivity index (χ3n) is 4.66. The maximum absolute atomic E-state index is 12.6. The van der Waals surface area contributed by atoms with Gasteiger partial charge in [0.25, 0.3) is 0 Å². The van der Waals surface area contributed by atoms with Gasteiger partial charge in [0.2, 0.25) is 5.91 Å². The average Bonchev–Trinajstić information content (AvgIpc) is 2.71. The Morgan fingerprint density at radius 1 is 1.29 bits per heavy atom. The first-order valence-corrected chi connectivity index (χ1v) is 8.67. The molecule has 1 heterocycles. The summed E-state index contributed by atoms with van der Waals surface area (Å²) < 4.78 is 0. The summed E-state index contributed by atoms with van der Waals surface area (Å²) in [5.41, 5.74) is 0. The van der Waals surface area contributed by atoms with E-state index >= 15 is 0 Å². The van der Waals surface area contributed by atoms with Crippen LogP contribution in [0.3, 0.4) is 0 Å². The zero-order chi connectivity index (χ0) is 16.0. The largest absolute Gasteiger partial charge is 0.325 e. The normalized spacial score (nSPS) is 24.4. The number of hydrogen-bond acceptors (Lipinski definition) is 3. The number of hydrogen-bond donors (Lipinski definition) is 1. The van der Waals surface area contributed by atoms with Crippen LogP contribution >= 0.6 is 0 Å². The first-order valence-electron chi connectivity index (χ1n) is 8.67. The monoisotopic (exact) mass is 297 g/mol. The predicted molar refractivity (Wildman–Crippen MR) is 89.2 cm³/mol. The van der Waals surface area contributed by atoms with E-state index in [2.05, 4.69) is 56.8 Å². The number of amides is 1. The molecule has 1 aliphatic heterocycles. The summed E-state index contributed by atoms with van der Waals surface area (Å²) in [5.74, 6) is 0.858. The van der Waals surface area contributed by atoms with Gasteiger partial charge in [-0.15, -0.1) is 0 Å². The minimum atomic E-state index is 0.0236. The zero-order valence-electron chi connectivity index (χ0n) is 14.9. The standard InChI is InChI=1S/C17H35N3O/c1-7-9-16-18-15(12-13(3)4)17(21)20(16)11-10-19(6)14(5)8-2/h13-16,18H,7-12H2,1-6H3. The lowest BCUT2D eigenvalue weighted by Gasteiger charge is -2.29. The lowest BCUT2D eigenvalue weighted by atomic mass is 10.0. The number of carbonyl (C=O) groups excluding carboxylic acids is 1. The fourth-order valence-electron chi connectivity index (χ4n) is 2.96. The smallest absolute Gasteiger partial charge is 0.241 e. The third-order valence-corrected chi connectivity index (χ3v) is 4.66. The van der Waals surface area contributed by atoms with Crippen LogP contribution in [-0.4, -0.2) is 54.1 Å². The van der Waals surface area contributed by atoms with Gasteiger partial charge in [0.1, 0.15) is 0 Å². The Kier molecular flexibility index (Phi) is 7.67. The Morgan fingerprint density at radius 2 is 1.95 bits per heavy atom. The van der Waals surface area contributed by atoms with Crippen LogP contribution < -0.4 is 5.32 Å². The molecule has 21 heavy (non-hydrogen) atoms. The Hall–Kier alpha value is -0.610. The lowest BCUT2D eigenvalue weighted by Crippen LogP contribution is -2.43. The van der Waals surface area contributed by atoms with Gasteiger partial charge in [-0.1, -0.05) is 34.1 Å². The predicted octanol–water partition coefficient (Wildman–Crippen LogP) is 2.69. The van der Waals surface area contributed by atoms with E-state index in [-0.39, 0.29) is 12.2 Å². The SMILES string of the molecule is CCCC1NC(CC(C)C)C(=O)N1CCN(C)C(C)CC. The molecule has 1 fully saturated rings. The molecular weight excluding hydrogens is 262 g/mol. The minimum absolute atomic E-state index is 0.0236. The molecule has 0 spiro atoms. The number of likely N-dealkylation sites (N-methyl/N-ethyl adjacent to an activating group) is 1. The third kappa shape index (κ3) is 5.26. The highest BCUT2D eigenvalue weighted by Gasteiger charge is 2.38. The van der Waals surface area contributed by atoms with Gasteiger partial charge < -0.3 is 9.80 Å². The van der Waals surface area contributed by atoms with Crippen LogP contribution in [0.1, 0.15) is 60.3 Å². The van der Waals surface area contributed by atoms with Gasteiger partial charge in [-0.2, -0.15) is 0 Å². The number of carbonyl (C=O) groups is 1. The molecule has 0 saturated carbocycles. The van der Waals surface area contributed by atoms with E-state index in [4.69, 9.17) is 0 Å². The molecule has 1 N–H and O–H groups in total. The van der Waals surface area contributed by atoms with Gasteiger partial charge in [-0.25, -0.2) is 0 Å².